The second-order valence-electron chi connectivity index (χ2n) is 10.6. The second kappa shape index (κ2) is 8.55. The zero-order valence-corrected chi connectivity index (χ0v) is 19.6. The SMILES string of the molecule is CC(C)c1ccccc1C1CCCN1C1CC2(CCN(c3ccc(C(N)=O)cc3)CC2)C1. The van der Waals surface area contributed by atoms with Crippen molar-refractivity contribution in [1.82, 2.24) is 4.90 Å². The van der Waals surface area contributed by atoms with Crippen LogP contribution in [-0.2, 0) is 0 Å². The third-order valence-electron chi connectivity index (χ3n) is 8.42. The van der Waals surface area contributed by atoms with E-state index in [9.17, 15) is 4.79 Å². The van der Waals surface area contributed by atoms with E-state index in [-0.39, 0.29) is 5.91 Å². The Hall–Kier alpha value is -2.33. The number of piperidine rings is 1. The number of carbonyl (C=O) groups excluding carboxylic acids is 1. The van der Waals surface area contributed by atoms with Crippen molar-refractivity contribution in [3.63, 3.8) is 0 Å². The minimum absolute atomic E-state index is 0.356. The van der Waals surface area contributed by atoms with Gasteiger partial charge in [0.05, 0.1) is 0 Å². The average Bonchev–Trinajstić information content (AvgIpc) is 3.27. The van der Waals surface area contributed by atoms with Gasteiger partial charge in [0.1, 0.15) is 0 Å². The van der Waals surface area contributed by atoms with Gasteiger partial charge in [-0.05, 0) is 91.8 Å². The van der Waals surface area contributed by atoms with E-state index in [1.54, 1.807) is 5.56 Å². The molecule has 4 nitrogen and oxygen atoms in total. The molecule has 2 saturated heterocycles. The predicted molar refractivity (Wildman–Crippen MR) is 131 cm³/mol. The highest BCUT2D eigenvalue weighted by atomic mass is 16.1. The minimum atomic E-state index is -0.356. The summed E-state index contributed by atoms with van der Waals surface area (Å²) in [6.45, 7) is 8.14. The normalized spacial score (nSPS) is 23.6. The molecule has 1 amide bonds. The van der Waals surface area contributed by atoms with Crippen LogP contribution in [0.1, 0.15) is 85.8 Å². The van der Waals surface area contributed by atoms with Gasteiger partial charge in [-0.2, -0.15) is 0 Å². The van der Waals surface area contributed by atoms with Gasteiger partial charge in [-0.1, -0.05) is 38.1 Å². The van der Waals surface area contributed by atoms with E-state index in [1.807, 2.05) is 24.3 Å². The van der Waals surface area contributed by atoms with Gasteiger partial charge in [-0.3, -0.25) is 9.69 Å². The van der Waals surface area contributed by atoms with Crippen molar-refractivity contribution in [2.24, 2.45) is 11.1 Å². The molecule has 1 saturated carbocycles. The Kier molecular flexibility index (Phi) is 5.75. The summed E-state index contributed by atoms with van der Waals surface area (Å²) in [6.07, 6.45) is 7.92. The Morgan fingerprint density at radius 1 is 1.00 bits per heavy atom. The van der Waals surface area contributed by atoms with Gasteiger partial charge in [0, 0.05) is 36.4 Å². The second-order valence-corrected chi connectivity index (χ2v) is 10.6. The fourth-order valence-electron chi connectivity index (χ4n) is 6.56. The summed E-state index contributed by atoms with van der Waals surface area (Å²) in [5.41, 5.74) is 10.8. The Bertz CT molecular complexity index is 951. The molecule has 32 heavy (non-hydrogen) atoms. The average molecular weight is 432 g/mol. The van der Waals surface area contributed by atoms with Gasteiger partial charge in [0.15, 0.2) is 0 Å². The highest BCUT2D eigenvalue weighted by Crippen LogP contribution is 2.54. The van der Waals surface area contributed by atoms with E-state index in [0.29, 0.717) is 22.9 Å². The predicted octanol–water partition coefficient (Wildman–Crippen LogP) is 5.50. The van der Waals surface area contributed by atoms with Gasteiger partial charge in [0.2, 0.25) is 5.91 Å². The third kappa shape index (κ3) is 3.94. The lowest BCUT2D eigenvalue weighted by Gasteiger charge is -2.56. The first kappa shape index (κ1) is 21.5. The van der Waals surface area contributed by atoms with Crippen LogP contribution in [0.2, 0.25) is 0 Å². The Balaban J connectivity index is 1.20. The smallest absolute Gasteiger partial charge is 0.248 e. The third-order valence-corrected chi connectivity index (χ3v) is 8.42. The Morgan fingerprint density at radius 2 is 1.69 bits per heavy atom. The van der Waals surface area contributed by atoms with Gasteiger partial charge >= 0.3 is 0 Å². The van der Waals surface area contributed by atoms with Crippen LogP contribution in [-0.4, -0.2) is 36.5 Å². The molecule has 0 aromatic heterocycles. The van der Waals surface area contributed by atoms with Gasteiger partial charge in [-0.15, -0.1) is 0 Å². The van der Waals surface area contributed by atoms with Crippen LogP contribution in [0.3, 0.4) is 0 Å². The first-order chi connectivity index (χ1) is 15.5. The number of benzene rings is 2. The number of nitrogens with zero attached hydrogens (tertiary/aromatic N) is 2. The summed E-state index contributed by atoms with van der Waals surface area (Å²) >= 11 is 0. The molecular formula is C28H37N3O. The van der Waals surface area contributed by atoms with Crippen molar-refractivity contribution >= 4 is 11.6 Å². The maximum atomic E-state index is 11.3. The summed E-state index contributed by atoms with van der Waals surface area (Å²) in [5, 5.41) is 0. The summed E-state index contributed by atoms with van der Waals surface area (Å²) < 4.78 is 0. The summed E-state index contributed by atoms with van der Waals surface area (Å²) in [6, 6.07) is 18.3. The van der Waals surface area contributed by atoms with E-state index in [1.165, 1.54) is 56.3 Å². The van der Waals surface area contributed by atoms with E-state index in [0.717, 1.165) is 19.1 Å². The van der Waals surface area contributed by atoms with Gasteiger partial charge < -0.3 is 10.6 Å². The van der Waals surface area contributed by atoms with Crippen molar-refractivity contribution in [2.75, 3.05) is 24.5 Å². The number of hydrogen-bond acceptors (Lipinski definition) is 3. The molecule has 5 rings (SSSR count). The lowest BCUT2D eigenvalue weighted by molar-refractivity contribution is -0.0227. The van der Waals surface area contributed by atoms with Gasteiger partial charge in [0.25, 0.3) is 0 Å². The molecule has 0 bridgehead atoms. The first-order valence-electron chi connectivity index (χ1n) is 12.5. The molecule has 2 heterocycles. The van der Waals surface area contributed by atoms with Crippen molar-refractivity contribution in [1.29, 1.82) is 0 Å². The highest BCUT2D eigenvalue weighted by Gasteiger charge is 2.49. The zero-order chi connectivity index (χ0) is 22.3. The molecule has 1 atom stereocenters. The molecule has 2 N–H and O–H groups in total. The van der Waals surface area contributed by atoms with Crippen LogP contribution in [0.5, 0.6) is 0 Å². The largest absolute Gasteiger partial charge is 0.371 e. The maximum Gasteiger partial charge on any atom is 0.248 e. The topological polar surface area (TPSA) is 49.6 Å². The quantitative estimate of drug-likeness (QED) is 0.680. The number of primary amides is 1. The fourth-order valence-corrected chi connectivity index (χ4v) is 6.56. The lowest BCUT2D eigenvalue weighted by Crippen LogP contribution is -2.54. The van der Waals surface area contributed by atoms with Crippen molar-refractivity contribution in [2.45, 2.75) is 70.4 Å². The van der Waals surface area contributed by atoms with E-state index in [4.69, 9.17) is 5.73 Å². The number of hydrogen-bond donors (Lipinski definition) is 1. The monoisotopic (exact) mass is 431 g/mol. The standard InChI is InChI=1S/C28H37N3O/c1-20(2)24-6-3-4-7-25(24)26-8-5-15-31(26)23-18-28(19-23)13-16-30(17-14-28)22-11-9-21(10-12-22)27(29)32/h3-4,6-7,9-12,20,23,26H,5,8,13-19H2,1-2H3,(H2,29,32). The van der Waals surface area contributed by atoms with E-state index in [2.05, 4.69) is 47.9 Å². The number of rotatable bonds is 5. The van der Waals surface area contributed by atoms with Gasteiger partial charge in [-0.25, -0.2) is 0 Å². The molecule has 3 fully saturated rings. The zero-order valence-electron chi connectivity index (χ0n) is 19.6. The summed E-state index contributed by atoms with van der Waals surface area (Å²) in [5.74, 6) is 0.230. The van der Waals surface area contributed by atoms with Crippen LogP contribution < -0.4 is 10.6 Å². The Labute approximate surface area is 192 Å². The number of anilines is 1. The van der Waals surface area contributed by atoms with Crippen LogP contribution >= 0.6 is 0 Å². The number of likely N-dealkylation sites (tertiary alicyclic amines) is 1. The molecule has 1 spiro atoms. The first-order valence-corrected chi connectivity index (χ1v) is 12.5. The molecule has 2 aromatic rings. The molecule has 170 valence electrons. The summed E-state index contributed by atoms with van der Waals surface area (Å²) in [7, 11) is 0. The van der Waals surface area contributed by atoms with Crippen LogP contribution in [0.15, 0.2) is 48.5 Å². The minimum Gasteiger partial charge on any atom is -0.371 e. The fraction of sp³-hybridized carbons (Fsp3) is 0.536. The lowest BCUT2D eigenvalue weighted by atomic mass is 9.59. The van der Waals surface area contributed by atoms with Crippen molar-refractivity contribution in [3.05, 3.63) is 65.2 Å². The number of amides is 1. The maximum absolute atomic E-state index is 11.3. The molecule has 2 aliphatic heterocycles. The van der Waals surface area contributed by atoms with E-state index < -0.39 is 0 Å². The number of nitrogens with two attached hydrogens (primary N) is 1. The molecule has 2 aromatic carbocycles. The number of carbonyl (C=O) groups is 1. The molecule has 1 aliphatic carbocycles. The van der Waals surface area contributed by atoms with Crippen LogP contribution in [0.4, 0.5) is 5.69 Å². The Morgan fingerprint density at radius 3 is 2.34 bits per heavy atom. The molecule has 4 heteroatoms. The van der Waals surface area contributed by atoms with Crippen molar-refractivity contribution < 1.29 is 4.79 Å². The summed E-state index contributed by atoms with van der Waals surface area (Å²) in [4.78, 5) is 16.7. The van der Waals surface area contributed by atoms with Crippen LogP contribution in [0.25, 0.3) is 0 Å². The molecule has 1 unspecified atom stereocenters. The van der Waals surface area contributed by atoms with Crippen LogP contribution in [0, 0.1) is 5.41 Å². The molecular weight excluding hydrogens is 394 g/mol. The highest BCUT2D eigenvalue weighted by molar-refractivity contribution is 5.93. The van der Waals surface area contributed by atoms with E-state index >= 15 is 0 Å². The van der Waals surface area contributed by atoms with Crippen molar-refractivity contribution in [3.8, 4) is 0 Å². The molecule has 3 aliphatic rings. The molecule has 0 radical (unpaired) electrons.